The molecule has 0 aliphatic rings. The van der Waals surface area contributed by atoms with E-state index in [1.54, 1.807) is 36.5 Å². The number of carbonyl (C=O) groups excluding carboxylic acids is 1. The van der Waals surface area contributed by atoms with Crippen molar-refractivity contribution < 1.29 is 9.53 Å². The molecule has 21 heavy (non-hydrogen) atoms. The van der Waals surface area contributed by atoms with Crippen LogP contribution in [-0.2, 0) is 0 Å². The van der Waals surface area contributed by atoms with Crippen LogP contribution in [0, 0.1) is 6.92 Å². The summed E-state index contributed by atoms with van der Waals surface area (Å²) in [5.41, 5.74) is 1.39. The van der Waals surface area contributed by atoms with Crippen molar-refractivity contribution >= 4 is 11.6 Å². The summed E-state index contributed by atoms with van der Waals surface area (Å²) >= 11 is 0. The summed E-state index contributed by atoms with van der Waals surface area (Å²) in [4.78, 5) is 28.2. The molecule has 0 aliphatic carbocycles. The van der Waals surface area contributed by atoms with E-state index < -0.39 is 5.97 Å². The van der Waals surface area contributed by atoms with Gasteiger partial charge < -0.3 is 4.74 Å². The SMILES string of the molecule is Cc1ccccc1C(=O)Oc1cc(=O)n2ccccc2n1. The lowest BCUT2D eigenvalue weighted by Gasteiger charge is -2.06. The Hall–Kier alpha value is -2.95. The van der Waals surface area contributed by atoms with E-state index in [2.05, 4.69) is 4.98 Å². The fourth-order valence-corrected chi connectivity index (χ4v) is 2.04. The van der Waals surface area contributed by atoms with Gasteiger partial charge in [0.2, 0.25) is 5.88 Å². The van der Waals surface area contributed by atoms with Gasteiger partial charge >= 0.3 is 5.97 Å². The minimum absolute atomic E-state index is 0.000506. The van der Waals surface area contributed by atoms with E-state index in [-0.39, 0.29) is 11.4 Å². The molecule has 0 fully saturated rings. The number of rotatable bonds is 2. The maximum absolute atomic E-state index is 12.1. The van der Waals surface area contributed by atoms with Gasteiger partial charge in [0.25, 0.3) is 5.56 Å². The number of esters is 1. The zero-order valence-electron chi connectivity index (χ0n) is 11.3. The highest BCUT2D eigenvalue weighted by Gasteiger charge is 2.12. The number of ether oxygens (including phenoxy) is 1. The fraction of sp³-hybridized carbons (Fsp3) is 0.0625. The summed E-state index contributed by atoms with van der Waals surface area (Å²) < 4.78 is 6.59. The molecular formula is C16H12N2O3. The third-order valence-corrected chi connectivity index (χ3v) is 3.11. The van der Waals surface area contributed by atoms with Crippen molar-refractivity contribution in [3.8, 4) is 5.88 Å². The second-order valence-corrected chi connectivity index (χ2v) is 4.57. The molecule has 3 aromatic rings. The summed E-state index contributed by atoms with van der Waals surface area (Å²) in [6.45, 7) is 1.82. The molecule has 0 spiro atoms. The predicted molar refractivity (Wildman–Crippen MR) is 77.6 cm³/mol. The number of nitrogens with zero attached hydrogens (tertiary/aromatic N) is 2. The van der Waals surface area contributed by atoms with E-state index in [0.717, 1.165) is 5.56 Å². The number of hydrogen-bond acceptors (Lipinski definition) is 4. The van der Waals surface area contributed by atoms with Gasteiger partial charge in [-0.05, 0) is 30.7 Å². The largest absolute Gasteiger partial charge is 0.404 e. The van der Waals surface area contributed by atoms with Crippen LogP contribution in [0.25, 0.3) is 5.65 Å². The van der Waals surface area contributed by atoms with E-state index in [0.29, 0.717) is 11.2 Å². The molecule has 3 rings (SSSR count). The Balaban J connectivity index is 1.97. The van der Waals surface area contributed by atoms with Crippen molar-refractivity contribution in [3.05, 3.63) is 76.2 Å². The summed E-state index contributed by atoms with van der Waals surface area (Å²) in [5.74, 6) is -0.528. The third-order valence-electron chi connectivity index (χ3n) is 3.11. The molecule has 104 valence electrons. The number of carbonyl (C=O) groups is 1. The van der Waals surface area contributed by atoms with E-state index in [1.807, 2.05) is 19.1 Å². The van der Waals surface area contributed by atoms with Gasteiger partial charge in [0.1, 0.15) is 5.65 Å². The highest BCUT2D eigenvalue weighted by atomic mass is 16.5. The lowest BCUT2D eigenvalue weighted by atomic mass is 10.1. The summed E-state index contributed by atoms with van der Waals surface area (Å²) in [7, 11) is 0. The van der Waals surface area contributed by atoms with Crippen LogP contribution in [0.4, 0.5) is 0 Å². The van der Waals surface area contributed by atoms with Gasteiger partial charge in [-0.1, -0.05) is 24.3 Å². The Morgan fingerprint density at radius 3 is 2.71 bits per heavy atom. The van der Waals surface area contributed by atoms with Crippen molar-refractivity contribution in [2.24, 2.45) is 0 Å². The third kappa shape index (κ3) is 2.53. The number of aryl methyl sites for hydroxylation is 1. The lowest BCUT2D eigenvalue weighted by Crippen LogP contribution is -2.17. The second kappa shape index (κ2) is 5.20. The van der Waals surface area contributed by atoms with Crippen molar-refractivity contribution in [1.29, 1.82) is 0 Å². The predicted octanol–water partition coefficient (Wildman–Crippen LogP) is 2.22. The highest BCUT2D eigenvalue weighted by Crippen LogP contribution is 2.12. The molecule has 0 bridgehead atoms. The molecule has 0 aliphatic heterocycles. The molecule has 0 amide bonds. The molecular weight excluding hydrogens is 268 g/mol. The average molecular weight is 280 g/mol. The molecule has 2 aromatic heterocycles. The Labute approximate surface area is 120 Å². The molecule has 0 atom stereocenters. The van der Waals surface area contributed by atoms with Crippen molar-refractivity contribution in [3.63, 3.8) is 0 Å². The van der Waals surface area contributed by atoms with Gasteiger partial charge in [0.05, 0.1) is 11.6 Å². The molecule has 0 saturated heterocycles. The fourth-order valence-electron chi connectivity index (χ4n) is 2.04. The maximum atomic E-state index is 12.1. The first-order valence-corrected chi connectivity index (χ1v) is 6.41. The Bertz CT molecular complexity index is 884. The molecule has 5 heteroatoms. The lowest BCUT2D eigenvalue weighted by molar-refractivity contribution is 0.0727. The van der Waals surface area contributed by atoms with Gasteiger partial charge in [-0.15, -0.1) is 0 Å². The number of fused-ring (bicyclic) bond motifs is 1. The van der Waals surface area contributed by atoms with Crippen LogP contribution in [-0.4, -0.2) is 15.4 Å². The van der Waals surface area contributed by atoms with Gasteiger partial charge in [-0.2, -0.15) is 4.98 Å². The van der Waals surface area contributed by atoms with Crippen LogP contribution in [0.5, 0.6) is 5.88 Å². The quantitative estimate of drug-likeness (QED) is 0.675. The summed E-state index contributed by atoms with van der Waals surface area (Å²) in [6, 6.07) is 13.4. The second-order valence-electron chi connectivity index (χ2n) is 4.57. The Morgan fingerprint density at radius 1 is 1.14 bits per heavy atom. The number of hydrogen-bond donors (Lipinski definition) is 0. The Kier molecular flexibility index (Phi) is 3.23. The van der Waals surface area contributed by atoms with Gasteiger partial charge in [-0.25, -0.2) is 4.79 Å². The van der Waals surface area contributed by atoms with Crippen LogP contribution in [0.2, 0.25) is 0 Å². The number of pyridine rings is 1. The van der Waals surface area contributed by atoms with E-state index >= 15 is 0 Å². The Morgan fingerprint density at radius 2 is 1.90 bits per heavy atom. The molecule has 0 radical (unpaired) electrons. The minimum Gasteiger partial charge on any atom is -0.404 e. The van der Waals surface area contributed by atoms with E-state index in [9.17, 15) is 9.59 Å². The van der Waals surface area contributed by atoms with Gasteiger partial charge in [-0.3, -0.25) is 9.20 Å². The molecule has 5 nitrogen and oxygen atoms in total. The van der Waals surface area contributed by atoms with Gasteiger partial charge in [0, 0.05) is 6.20 Å². The molecule has 2 heterocycles. The van der Waals surface area contributed by atoms with Crippen molar-refractivity contribution in [2.45, 2.75) is 6.92 Å². The topological polar surface area (TPSA) is 60.7 Å². The first kappa shape index (κ1) is 13.1. The maximum Gasteiger partial charge on any atom is 0.345 e. The van der Waals surface area contributed by atoms with Crippen LogP contribution in [0.3, 0.4) is 0 Å². The van der Waals surface area contributed by atoms with E-state index in [1.165, 1.54) is 10.5 Å². The molecule has 0 unspecified atom stereocenters. The van der Waals surface area contributed by atoms with Crippen LogP contribution < -0.4 is 10.3 Å². The van der Waals surface area contributed by atoms with E-state index in [4.69, 9.17) is 4.74 Å². The van der Waals surface area contributed by atoms with Crippen molar-refractivity contribution in [2.75, 3.05) is 0 Å². The minimum atomic E-state index is -0.528. The number of benzene rings is 1. The smallest absolute Gasteiger partial charge is 0.345 e. The molecule has 0 saturated carbocycles. The highest BCUT2D eigenvalue weighted by molar-refractivity contribution is 5.92. The average Bonchev–Trinajstić information content (AvgIpc) is 2.47. The van der Waals surface area contributed by atoms with Crippen molar-refractivity contribution in [1.82, 2.24) is 9.38 Å². The molecule has 1 aromatic carbocycles. The van der Waals surface area contributed by atoms with Crippen LogP contribution >= 0.6 is 0 Å². The molecule has 0 N–H and O–H groups in total. The summed E-state index contributed by atoms with van der Waals surface area (Å²) in [5, 5.41) is 0. The monoisotopic (exact) mass is 280 g/mol. The zero-order chi connectivity index (χ0) is 14.8. The first-order valence-electron chi connectivity index (χ1n) is 6.41. The zero-order valence-corrected chi connectivity index (χ0v) is 11.3. The number of aromatic nitrogens is 2. The van der Waals surface area contributed by atoms with Crippen LogP contribution in [0.1, 0.15) is 15.9 Å². The van der Waals surface area contributed by atoms with Crippen LogP contribution in [0.15, 0.2) is 59.5 Å². The first-order chi connectivity index (χ1) is 10.1. The summed E-state index contributed by atoms with van der Waals surface area (Å²) in [6.07, 6.45) is 1.61. The van der Waals surface area contributed by atoms with Gasteiger partial charge in [0.15, 0.2) is 0 Å². The standard InChI is InChI=1S/C16H12N2O3/c1-11-6-2-3-7-12(11)16(20)21-14-10-15(19)18-9-5-4-8-13(18)17-14/h2-10H,1H3. The normalized spacial score (nSPS) is 10.5.